The number of fused-ring (bicyclic) bond motifs is 5. The van der Waals surface area contributed by atoms with E-state index in [2.05, 4.69) is 19.2 Å². The molecule has 5 aliphatic carbocycles. The summed E-state index contributed by atoms with van der Waals surface area (Å²) < 4.78 is 30.3. The molecule has 1 N–H and O–H groups in total. The zero-order valence-corrected chi connectivity index (χ0v) is 16.0. The highest BCUT2D eigenvalue weighted by atomic mass is 19.3. The first-order chi connectivity index (χ1) is 12.3. The summed E-state index contributed by atoms with van der Waals surface area (Å²) in [5, 5.41) is 3.25. The molecule has 0 aromatic rings. The van der Waals surface area contributed by atoms with Crippen LogP contribution in [-0.4, -0.2) is 23.8 Å². The van der Waals surface area contributed by atoms with Crippen LogP contribution in [-0.2, 0) is 4.79 Å². The fraction of sp³-hybridized carbons (Fsp3) is 0.864. The molecule has 0 heterocycles. The molecule has 26 heavy (non-hydrogen) atoms. The summed E-state index contributed by atoms with van der Waals surface area (Å²) >= 11 is 0. The molecule has 4 saturated carbocycles. The Bertz CT molecular complexity index is 669. The Kier molecular flexibility index (Phi) is 3.60. The van der Waals surface area contributed by atoms with Crippen LogP contribution in [0.2, 0.25) is 0 Å². The van der Waals surface area contributed by atoms with Gasteiger partial charge in [0.25, 0.3) is 0 Å². The van der Waals surface area contributed by atoms with Gasteiger partial charge in [-0.15, -0.1) is 0 Å². The molecule has 2 nitrogen and oxygen atoms in total. The van der Waals surface area contributed by atoms with E-state index in [1.165, 1.54) is 25.7 Å². The van der Waals surface area contributed by atoms with E-state index in [0.717, 1.165) is 25.7 Å². The van der Waals surface area contributed by atoms with Crippen molar-refractivity contribution < 1.29 is 13.6 Å². The molecule has 0 radical (unpaired) electrons. The van der Waals surface area contributed by atoms with Crippen molar-refractivity contribution in [2.75, 3.05) is 0 Å². The van der Waals surface area contributed by atoms with Crippen LogP contribution in [0.4, 0.5) is 8.78 Å². The molecular weight excluding hydrogens is 332 g/mol. The van der Waals surface area contributed by atoms with Crippen LogP contribution in [0.15, 0.2) is 11.6 Å². The van der Waals surface area contributed by atoms with E-state index in [1.54, 1.807) is 6.08 Å². The maximum Gasteiger partial charge on any atom is 0.328 e. The number of nitrogens with one attached hydrogen (secondary N) is 1. The Hall–Kier alpha value is -0.770. The Morgan fingerprint density at radius 3 is 2.58 bits per heavy atom. The van der Waals surface area contributed by atoms with Crippen molar-refractivity contribution >= 4 is 5.78 Å². The summed E-state index contributed by atoms with van der Waals surface area (Å²) in [4.78, 5) is 12.5. The summed E-state index contributed by atoms with van der Waals surface area (Å²) in [6, 6.07) is -0.395. The minimum atomic E-state index is -3.29. The molecule has 0 bridgehead atoms. The van der Waals surface area contributed by atoms with Gasteiger partial charge in [-0.25, -0.2) is 0 Å². The van der Waals surface area contributed by atoms with E-state index in [-0.39, 0.29) is 11.6 Å². The molecule has 4 fully saturated rings. The largest absolute Gasteiger partial charge is 0.328 e. The number of hydrogen-bond acceptors (Lipinski definition) is 2. The van der Waals surface area contributed by atoms with Crippen LogP contribution in [0.25, 0.3) is 0 Å². The second kappa shape index (κ2) is 5.40. The monoisotopic (exact) mass is 363 g/mol. The Balaban J connectivity index is 1.52. The van der Waals surface area contributed by atoms with Crippen molar-refractivity contribution in [1.82, 2.24) is 5.32 Å². The van der Waals surface area contributed by atoms with Crippen LogP contribution in [0.3, 0.4) is 0 Å². The lowest BCUT2D eigenvalue weighted by Gasteiger charge is -2.58. The van der Waals surface area contributed by atoms with Gasteiger partial charge in [0.05, 0.1) is 6.04 Å². The topological polar surface area (TPSA) is 29.1 Å². The van der Waals surface area contributed by atoms with E-state index >= 15 is 8.78 Å². The standard InChI is InChI=1S/C22H31F2NO/c1-20-10-3-4-15(20)14-7-8-18-21(2,16(14)9-11-20)12-17(25-13-5-6-13)19(26)22(18,23)24/h8,13-17,25H,3-7,9-12H2,1-2H3/t14-,15-,16-,17?,20-,21+/m0/s1. The predicted molar refractivity (Wildman–Crippen MR) is 97.0 cm³/mol. The first kappa shape index (κ1) is 17.3. The summed E-state index contributed by atoms with van der Waals surface area (Å²) in [7, 11) is 0. The third kappa shape index (κ3) is 2.26. The van der Waals surface area contributed by atoms with Gasteiger partial charge in [-0.1, -0.05) is 26.3 Å². The normalized spacial score (nSPS) is 49.8. The summed E-state index contributed by atoms with van der Waals surface area (Å²) in [6.07, 6.45) is 11.2. The van der Waals surface area contributed by atoms with Crippen LogP contribution in [0, 0.1) is 28.6 Å². The number of Topliss-reactive ketones (excluding diaryl/α,β-unsaturated/α-hetero) is 1. The fourth-order valence-corrected chi connectivity index (χ4v) is 7.37. The number of ketones is 1. The van der Waals surface area contributed by atoms with Gasteiger partial charge in [-0.05, 0) is 80.0 Å². The predicted octanol–water partition coefficient (Wildman–Crippen LogP) is 4.88. The van der Waals surface area contributed by atoms with Gasteiger partial charge in [-0.3, -0.25) is 4.79 Å². The minimum Gasteiger partial charge on any atom is -0.304 e. The van der Waals surface area contributed by atoms with Crippen molar-refractivity contribution in [2.24, 2.45) is 28.6 Å². The second-order valence-corrected chi connectivity index (χ2v) is 10.4. The van der Waals surface area contributed by atoms with Gasteiger partial charge in [0.15, 0.2) is 0 Å². The van der Waals surface area contributed by atoms with Crippen molar-refractivity contribution in [3.63, 3.8) is 0 Å². The Morgan fingerprint density at radius 1 is 1.08 bits per heavy atom. The summed E-state index contributed by atoms with van der Waals surface area (Å²) in [5.74, 6) is -2.66. The molecule has 0 aliphatic heterocycles. The first-order valence-electron chi connectivity index (χ1n) is 10.6. The summed E-state index contributed by atoms with van der Waals surface area (Å²) in [6.45, 7) is 4.48. The van der Waals surface area contributed by atoms with Crippen molar-refractivity contribution in [1.29, 1.82) is 0 Å². The Labute approximate surface area is 155 Å². The van der Waals surface area contributed by atoms with Gasteiger partial charge in [0.2, 0.25) is 5.78 Å². The van der Waals surface area contributed by atoms with Gasteiger partial charge in [-0.2, -0.15) is 8.78 Å². The molecule has 0 aromatic carbocycles. The van der Waals surface area contributed by atoms with E-state index in [0.29, 0.717) is 29.6 Å². The third-order valence-electron chi connectivity index (χ3n) is 8.85. The molecule has 6 atom stereocenters. The van der Waals surface area contributed by atoms with E-state index < -0.39 is 23.2 Å². The highest BCUT2D eigenvalue weighted by molar-refractivity contribution is 5.95. The number of carbonyl (C=O) groups is 1. The number of carbonyl (C=O) groups excluding carboxylic acids is 1. The molecule has 4 heteroatoms. The van der Waals surface area contributed by atoms with E-state index in [9.17, 15) is 4.79 Å². The number of rotatable bonds is 2. The highest BCUT2D eigenvalue weighted by Crippen LogP contribution is 2.66. The van der Waals surface area contributed by atoms with E-state index in [4.69, 9.17) is 0 Å². The van der Waals surface area contributed by atoms with Gasteiger partial charge < -0.3 is 5.32 Å². The Morgan fingerprint density at radius 2 is 1.85 bits per heavy atom. The zero-order chi connectivity index (χ0) is 18.3. The summed E-state index contributed by atoms with van der Waals surface area (Å²) in [5.41, 5.74) is 0.0462. The first-order valence-corrected chi connectivity index (χ1v) is 10.6. The quantitative estimate of drug-likeness (QED) is 0.708. The van der Waals surface area contributed by atoms with Crippen molar-refractivity contribution in [3.05, 3.63) is 11.6 Å². The van der Waals surface area contributed by atoms with Crippen LogP contribution < -0.4 is 5.32 Å². The van der Waals surface area contributed by atoms with Gasteiger partial charge in [0.1, 0.15) is 0 Å². The number of alkyl halides is 2. The lowest BCUT2D eigenvalue weighted by Crippen LogP contribution is -2.61. The third-order valence-corrected chi connectivity index (χ3v) is 8.85. The van der Waals surface area contributed by atoms with Gasteiger partial charge in [0, 0.05) is 11.6 Å². The second-order valence-electron chi connectivity index (χ2n) is 10.4. The maximum atomic E-state index is 15.1. The van der Waals surface area contributed by atoms with Gasteiger partial charge >= 0.3 is 5.92 Å². The SMILES string of the molecule is C[C@@]12CCC[C@H]1[C@@H]1CC=C3C(F)(F)C(=O)C(NC4CC4)C[C@]3(C)[C@H]1CC2. The van der Waals surface area contributed by atoms with Crippen LogP contribution in [0.1, 0.15) is 71.6 Å². The highest BCUT2D eigenvalue weighted by Gasteiger charge is 2.64. The smallest absolute Gasteiger partial charge is 0.304 e. The lowest BCUT2D eigenvalue weighted by molar-refractivity contribution is -0.152. The van der Waals surface area contributed by atoms with E-state index in [1.807, 2.05) is 0 Å². The molecule has 1 unspecified atom stereocenters. The molecule has 0 saturated heterocycles. The number of halogens is 2. The molecular formula is C22H31F2NO. The van der Waals surface area contributed by atoms with Crippen molar-refractivity contribution in [2.45, 2.75) is 89.6 Å². The zero-order valence-electron chi connectivity index (χ0n) is 16.0. The molecule has 144 valence electrons. The number of allylic oxidation sites excluding steroid dienone is 2. The average Bonchev–Trinajstić information content (AvgIpc) is 3.30. The molecule has 0 aromatic heterocycles. The average molecular weight is 363 g/mol. The maximum absolute atomic E-state index is 15.1. The number of hydrogen-bond donors (Lipinski definition) is 1. The van der Waals surface area contributed by atoms with Crippen LogP contribution in [0.5, 0.6) is 0 Å². The fourth-order valence-electron chi connectivity index (χ4n) is 7.37. The lowest BCUT2D eigenvalue weighted by atomic mass is 9.47. The molecule has 5 aliphatic rings. The molecule has 0 spiro atoms. The van der Waals surface area contributed by atoms with Crippen LogP contribution >= 0.6 is 0 Å². The molecule has 0 amide bonds. The van der Waals surface area contributed by atoms with Crippen molar-refractivity contribution in [3.8, 4) is 0 Å². The molecule has 5 rings (SSSR count). The minimum absolute atomic E-state index is 0.159.